The molecule has 1 rings (SSSR count). The maximum absolute atomic E-state index is 9.74. The van der Waals surface area contributed by atoms with E-state index < -0.39 is 6.10 Å². The van der Waals surface area contributed by atoms with Gasteiger partial charge >= 0.3 is 0 Å². The first-order valence-electron chi connectivity index (χ1n) is 4.08. The van der Waals surface area contributed by atoms with Crippen molar-refractivity contribution in [3.63, 3.8) is 0 Å². The van der Waals surface area contributed by atoms with Crippen molar-refractivity contribution in [2.75, 3.05) is 7.05 Å². The van der Waals surface area contributed by atoms with Crippen molar-refractivity contribution < 1.29 is 22.1 Å². The van der Waals surface area contributed by atoms with Crippen LogP contribution in [0.3, 0.4) is 0 Å². The van der Waals surface area contributed by atoms with Crippen LogP contribution in [0.15, 0.2) is 17.4 Å². The molecule has 0 saturated heterocycles. The maximum Gasteiger partial charge on any atom is 0.189 e. The number of halogens is 1. The van der Waals surface area contributed by atoms with Gasteiger partial charge in [0.15, 0.2) is 23.1 Å². The fourth-order valence-electron chi connectivity index (χ4n) is 1.02. The molecule has 84 valence electrons. The Morgan fingerprint density at radius 2 is 2.33 bits per heavy atom. The average molecular weight is 249 g/mol. The Morgan fingerprint density at radius 3 is 2.87 bits per heavy atom. The lowest BCUT2D eigenvalue weighted by Crippen LogP contribution is -3.00. The highest BCUT2D eigenvalue weighted by atomic mass is 35.5. The van der Waals surface area contributed by atoms with Crippen LogP contribution in [-0.4, -0.2) is 39.4 Å². The fourth-order valence-corrected chi connectivity index (χ4v) is 1.07. The van der Waals surface area contributed by atoms with E-state index in [1.54, 1.807) is 6.08 Å². The minimum atomic E-state index is -0.716. The smallest absolute Gasteiger partial charge is 0.189 e. The number of aliphatic hydroxyl groups excluding tert-OH is 1. The molecule has 7 heteroatoms. The van der Waals surface area contributed by atoms with E-state index >= 15 is 0 Å². The highest BCUT2D eigenvalue weighted by Crippen LogP contribution is 2.00. The first kappa shape index (κ1) is 14.0. The predicted molar refractivity (Wildman–Crippen MR) is 59.4 cm³/mol. The van der Waals surface area contributed by atoms with Crippen molar-refractivity contribution in [3.05, 3.63) is 12.3 Å². The minimum absolute atomic E-state index is 0. The van der Waals surface area contributed by atoms with E-state index in [1.807, 2.05) is 24.7 Å². The number of hydrogen-bond donors (Lipinski definition) is 3. The predicted octanol–water partition coefficient (Wildman–Crippen LogP) is -3.83. The Morgan fingerprint density at radius 1 is 1.73 bits per heavy atom. The molecule has 0 aromatic rings. The number of nitrogens with two attached hydrogens (primary N) is 1. The topological polar surface area (TPSA) is 73.7 Å². The first-order chi connectivity index (χ1) is 6.52. The van der Waals surface area contributed by atoms with Gasteiger partial charge in [-0.3, -0.25) is 5.43 Å². The quantitative estimate of drug-likeness (QED) is 0.253. The Kier molecular flexibility index (Phi) is 5.41. The number of rotatable bonds is 1. The number of hydrazone groups is 1. The molecule has 1 aliphatic rings. The van der Waals surface area contributed by atoms with Gasteiger partial charge in [0.25, 0.3) is 0 Å². The Hall–Kier alpha value is -0.980. The van der Waals surface area contributed by atoms with E-state index in [-0.39, 0.29) is 17.5 Å². The third-order valence-electron chi connectivity index (χ3n) is 2.00. The van der Waals surface area contributed by atoms with E-state index in [0.29, 0.717) is 5.71 Å². The van der Waals surface area contributed by atoms with Crippen molar-refractivity contribution in [2.45, 2.75) is 13.0 Å². The summed E-state index contributed by atoms with van der Waals surface area (Å²) in [6.45, 7) is 1.82. The van der Waals surface area contributed by atoms with E-state index in [2.05, 4.69) is 22.7 Å². The monoisotopic (exact) mass is 248 g/mol. The Balaban J connectivity index is 0.00000196. The van der Waals surface area contributed by atoms with E-state index in [4.69, 9.17) is 5.73 Å². The Labute approximate surface area is 99.8 Å². The molecule has 0 aromatic heterocycles. The molecule has 0 radical (unpaired) electrons. The van der Waals surface area contributed by atoms with E-state index in [0.717, 1.165) is 5.71 Å². The third-order valence-corrected chi connectivity index (χ3v) is 2.09. The molecule has 15 heavy (non-hydrogen) atoms. The van der Waals surface area contributed by atoms with Gasteiger partial charge in [-0.15, -0.1) is 0 Å². The van der Waals surface area contributed by atoms with Crippen molar-refractivity contribution in [3.8, 4) is 0 Å². The summed E-state index contributed by atoms with van der Waals surface area (Å²) in [5.41, 5.74) is 8.94. The zero-order valence-electron chi connectivity index (χ0n) is 8.44. The summed E-state index contributed by atoms with van der Waals surface area (Å²) in [4.78, 5) is 0. The van der Waals surface area contributed by atoms with Gasteiger partial charge in [0, 0.05) is 13.0 Å². The van der Waals surface area contributed by atoms with Crippen LogP contribution in [0.1, 0.15) is 6.92 Å². The van der Waals surface area contributed by atoms with Crippen molar-refractivity contribution in [2.24, 2.45) is 10.8 Å². The molecule has 1 aliphatic heterocycles. The number of aliphatic hydroxyl groups is 1. The van der Waals surface area contributed by atoms with Gasteiger partial charge < -0.3 is 23.2 Å². The number of hydrogen-bond acceptors (Lipinski definition) is 3. The van der Waals surface area contributed by atoms with Gasteiger partial charge in [0.2, 0.25) is 0 Å². The third kappa shape index (κ3) is 3.58. The molecule has 4 N–H and O–H groups in total. The summed E-state index contributed by atoms with van der Waals surface area (Å²) in [5.74, 6) is 0. The summed E-state index contributed by atoms with van der Waals surface area (Å²) >= 11 is 4.59. The minimum Gasteiger partial charge on any atom is -1.00 e. The molecule has 0 aromatic carbocycles. The molecule has 0 saturated carbocycles. The molecule has 0 spiro atoms. The zero-order valence-corrected chi connectivity index (χ0v) is 10.0. The fraction of sp³-hybridized carbons (Fsp3) is 0.375. The van der Waals surface area contributed by atoms with E-state index in [1.165, 1.54) is 0 Å². The number of thiocarbonyl (C=S) groups is 1. The van der Waals surface area contributed by atoms with Gasteiger partial charge in [0.05, 0.1) is 0 Å². The molecule has 1 unspecified atom stereocenters. The molecule has 0 bridgehead atoms. The van der Waals surface area contributed by atoms with Crippen molar-refractivity contribution in [1.29, 1.82) is 0 Å². The van der Waals surface area contributed by atoms with Crippen LogP contribution in [0.25, 0.3) is 0 Å². The average Bonchev–Trinajstić information content (AvgIpc) is 2.13. The van der Waals surface area contributed by atoms with Crippen LogP contribution in [0, 0.1) is 0 Å². The van der Waals surface area contributed by atoms with Gasteiger partial charge in [-0.1, -0.05) is 0 Å². The molecular weight excluding hydrogens is 236 g/mol. The second-order valence-electron chi connectivity index (χ2n) is 2.98. The van der Waals surface area contributed by atoms with Gasteiger partial charge in [-0.2, -0.15) is 5.10 Å². The lowest BCUT2D eigenvalue weighted by molar-refractivity contribution is -0.426. The Bertz CT molecular complexity index is 351. The standard InChI is InChI=1S/C8H12N4OS.ClH/c1-5-7(13)6(3-4-12(5)2)10-11-8(9)14;/h3-4,7,13H,1-2H3,(H2-,9,11,14);1H. The number of nitrogens with zero attached hydrogens (tertiary/aromatic N) is 2. The molecule has 1 heterocycles. The van der Waals surface area contributed by atoms with Gasteiger partial charge in [-0.05, 0) is 12.2 Å². The van der Waals surface area contributed by atoms with Gasteiger partial charge in [-0.25, -0.2) is 4.58 Å². The van der Waals surface area contributed by atoms with Crippen LogP contribution < -0.4 is 23.6 Å². The summed E-state index contributed by atoms with van der Waals surface area (Å²) in [6.07, 6.45) is 2.79. The molecule has 0 fully saturated rings. The van der Waals surface area contributed by atoms with Crippen molar-refractivity contribution >= 4 is 28.8 Å². The molecule has 0 amide bonds. The lowest BCUT2D eigenvalue weighted by Gasteiger charge is -2.12. The largest absolute Gasteiger partial charge is 1.00 e. The first-order valence-corrected chi connectivity index (χ1v) is 4.48. The zero-order chi connectivity index (χ0) is 10.7. The lowest BCUT2D eigenvalue weighted by atomic mass is 10.1. The van der Waals surface area contributed by atoms with Crippen LogP contribution in [-0.2, 0) is 0 Å². The summed E-state index contributed by atoms with van der Waals surface area (Å²) in [6, 6.07) is 0. The van der Waals surface area contributed by atoms with Crippen LogP contribution in [0.5, 0.6) is 0 Å². The number of nitrogens with one attached hydrogen (secondary N) is 1. The van der Waals surface area contributed by atoms with Crippen LogP contribution in [0.2, 0.25) is 0 Å². The summed E-state index contributed by atoms with van der Waals surface area (Å²) in [5, 5.41) is 13.7. The van der Waals surface area contributed by atoms with Crippen LogP contribution >= 0.6 is 12.2 Å². The molecular formula is C8H13ClN4OS. The molecule has 0 aliphatic carbocycles. The molecule has 5 nitrogen and oxygen atoms in total. The second-order valence-corrected chi connectivity index (χ2v) is 3.42. The maximum atomic E-state index is 9.74. The second kappa shape index (κ2) is 5.79. The molecule has 1 atom stereocenters. The highest BCUT2D eigenvalue weighted by Gasteiger charge is 2.24. The van der Waals surface area contributed by atoms with Crippen molar-refractivity contribution in [1.82, 2.24) is 5.43 Å². The normalized spacial score (nSPS) is 22.6. The van der Waals surface area contributed by atoms with Gasteiger partial charge in [0.1, 0.15) is 12.8 Å². The van der Waals surface area contributed by atoms with Crippen LogP contribution in [0.4, 0.5) is 0 Å². The van der Waals surface area contributed by atoms with E-state index in [9.17, 15) is 5.11 Å². The SMILES string of the molecule is CC1=[N+](C)C=CC(=NNC(N)=S)C1O.[Cl-]. The highest BCUT2D eigenvalue weighted by molar-refractivity contribution is 7.80. The summed E-state index contributed by atoms with van der Waals surface area (Å²) < 4.78 is 1.82. The summed E-state index contributed by atoms with van der Waals surface area (Å²) in [7, 11) is 1.85.